The summed E-state index contributed by atoms with van der Waals surface area (Å²) in [5.74, 6) is 0. The van der Waals surface area contributed by atoms with Crippen LogP contribution in [-0.4, -0.2) is 23.2 Å². The first-order valence-corrected chi connectivity index (χ1v) is 9.29. The van der Waals surface area contributed by atoms with Gasteiger partial charge in [0.25, 0.3) is 10.0 Å². The van der Waals surface area contributed by atoms with Crippen LogP contribution in [0.5, 0.6) is 0 Å². The smallest absolute Gasteiger partial charge is 0.223 e. The molecule has 0 radical (unpaired) electrons. The molecule has 3 aromatic rings. The number of aryl methyl sites for hydroxylation is 1. The molecule has 0 bridgehead atoms. The number of sulfonamides is 1. The van der Waals surface area contributed by atoms with Gasteiger partial charge < -0.3 is 0 Å². The summed E-state index contributed by atoms with van der Waals surface area (Å²) in [6, 6.07) is 10.6. The van der Waals surface area contributed by atoms with Crippen LogP contribution in [0.2, 0.25) is 0 Å². The highest BCUT2D eigenvalue weighted by molar-refractivity contribution is 7.91. The van der Waals surface area contributed by atoms with Crippen LogP contribution in [0.4, 0.5) is 0 Å². The maximum Gasteiger partial charge on any atom is 0.250 e. The molecule has 2 aromatic heterocycles. The Morgan fingerprint density at radius 2 is 1.91 bits per heavy atom. The molecule has 0 aliphatic heterocycles. The van der Waals surface area contributed by atoms with E-state index in [2.05, 4.69) is 14.8 Å². The number of hydrogen-bond donors (Lipinski definition) is 1. The maximum atomic E-state index is 12.4. The predicted molar refractivity (Wildman–Crippen MR) is 89.2 cm³/mol. The van der Waals surface area contributed by atoms with Crippen molar-refractivity contribution in [2.45, 2.75) is 24.1 Å². The van der Waals surface area contributed by atoms with E-state index in [0.29, 0.717) is 4.21 Å². The molecule has 1 unspecified atom stereocenters. The zero-order valence-corrected chi connectivity index (χ0v) is 14.3. The van der Waals surface area contributed by atoms with E-state index in [4.69, 9.17) is 0 Å². The molecule has 0 fully saturated rings. The third-order valence-electron chi connectivity index (χ3n) is 3.39. The highest BCUT2D eigenvalue weighted by atomic mass is 32.2. The van der Waals surface area contributed by atoms with Crippen molar-refractivity contribution in [2.75, 3.05) is 0 Å². The molecule has 0 saturated heterocycles. The highest BCUT2D eigenvalue weighted by Crippen LogP contribution is 2.23. The lowest BCUT2D eigenvalue weighted by molar-refractivity contribution is 0.569. The van der Waals surface area contributed by atoms with Crippen LogP contribution in [0.25, 0.3) is 5.69 Å². The molecular weight excluding hydrogens is 332 g/mol. The minimum atomic E-state index is -3.50. The molecule has 8 heteroatoms. The minimum absolute atomic E-state index is 0.327. The summed E-state index contributed by atoms with van der Waals surface area (Å²) in [5, 5.41) is 4.06. The van der Waals surface area contributed by atoms with Crippen molar-refractivity contribution in [2.24, 2.45) is 0 Å². The first-order chi connectivity index (χ1) is 11.0. The van der Waals surface area contributed by atoms with Gasteiger partial charge in [-0.25, -0.2) is 22.8 Å². The Kier molecular flexibility index (Phi) is 4.29. The Balaban J connectivity index is 1.77. The van der Waals surface area contributed by atoms with Gasteiger partial charge in [-0.05, 0) is 43.7 Å². The largest absolute Gasteiger partial charge is 0.250 e. The van der Waals surface area contributed by atoms with Gasteiger partial charge in [0.15, 0.2) is 0 Å². The molecule has 6 nitrogen and oxygen atoms in total. The second-order valence-electron chi connectivity index (χ2n) is 5.14. The predicted octanol–water partition coefficient (Wildman–Crippen LogP) is 2.68. The van der Waals surface area contributed by atoms with E-state index >= 15 is 0 Å². The Bertz CT molecular complexity index is 884. The van der Waals surface area contributed by atoms with E-state index in [-0.39, 0.29) is 6.04 Å². The van der Waals surface area contributed by atoms with Crippen molar-refractivity contribution in [3.05, 3.63) is 59.5 Å². The first-order valence-electron chi connectivity index (χ1n) is 6.99. The maximum absolute atomic E-state index is 12.4. The Hall–Kier alpha value is -2.03. The summed E-state index contributed by atoms with van der Waals surface area (Å²) >= 11 is 1.26. The lowest BCUT2D eigenvalue weighted by Gasteiger charge is -2.14. The van der Waals surface area contributed by atoms with Crippen LogP contribution in [0.1, 0.15) is 23.4 Å². The normalized spacial score (nSPS) is 13.1. The van der Waals surface area contributed by atoms with Gasteiger partial charge in [0.05, 0.1) is 5.69 Å². The quantitative estimate of drug-likeness (QED) is 0.769. The third-order valence-corrected chi connectivity index (χ3v) is 6.42. The molecule has 0 saturated carbocycles. The topological polar surface area (TPSA) is 76.9 Å². The van der Waals surface area contributed by atoms with E-state index in [1.807, 2.05) is 38.1 Å². The zero-order chi connectivity index (χ0) is 16.4. The number of benzene rings is 1. The van der Waals surface area contributed by atoms with Gasteiger partial charge in [0.2, 0.25) is 0 Å². The van der Waals surface area contributed by atoms with Gasteiger partial charge in [0.1, 0.15) is 16.9 Å². The summed E-state index contributed by atoms with van der Waals surface area (Å²) < 4.78 is 29.4. The van der Waals surface area contributed by atoms with E-state index < -0.39 is 10.0 Å². The highest BCUT2D eigenvalue weighted by Gasteiger charge is 2.20. The summed E-state index contributed by atoms with van der Waals surface area (Å²) in [6.07, 6.45) is 3.08. The lowest BCUT2D eigenvalue weighted by atomic mass is 10.1. The van der Waals surface area contributed by atoms with E-state index in [9.17, 15) is 8.42 Å². The monoisotopic (exact) mass is 348 g/mol. The zero-order valence-electron chi connectivity index (χ0n) is 12.7. The fourth-order valence-corrected chi connectivity index (χ4v) is 4.70. The molecule has 1 aromatic carbocycles. The molecule has 3 rings (SSSR count). The molecule has 0 aliphatic carbocycles. The van der Waals surface area contributed by atoms with Gasteiger partial charge in [-0.3, -0.25) is 0 Å². The molecule has 0 aliphatic rings. The minimum Gasteiger partial charge on any atom is -0.223 e. The van der Waals surface area contributed by atoms with Crippen LogP contribution >= 0.6 is 11.3 Å². The number of hydrogen-bond acceptors (Lipinski definition) is 5. The second-order valence-corrected chi connectivity index (χ2v) is 8.37. The van der Waals surface area contributed by atoms with Crippen LogP contribution in [-0.2, 0) is 10.0 Å². The molecule has 1 N–H and O–H groups in total. The van der Waals surface area contributed by atoms with Gasteiger partial charge in [-0.1, -0.05) is 12.1 Å². The van der Waals surface area contributed by atoms with Crippen molar-refractivity contribution in [1.29, 1.82) is 0 Å². The van der Waals surface area contributed by atoms with Gasteiger partial charge in [0, 0.05) is 10.9 Å². The van der Waals surface area contributed by atoms with Gasteiger partial charge in [-0.15, -0.1) is 11.3 Å². The average molecular weight is 348 g/mol. The molecular formula is C15H16N4O2S2. The van der Waals surface area contributed by atoms with Crippen LogP contribution in [0.15, 0.2) is 53.3 Å². The summed E-state index contributed by atoms with van der Waals surface area (Å²) in [5.41, 5.74) is 1.75. The lowest BCUT2D eigenvalue weighted by Crippen LogP contribution is -2.26. The van der Waals surface area contributed by atoms with Crippen molar-refractivity contribution in [3.63, 3.8) is 0 Å². The van der Waals surface area contributed by atoms with Gasteiger partial charge in [-0.2, -0.15) is 5.10 Å². The van der Waals surface area contributed by atoms with Crippen molar-refractivity contribution in [1.82, 2.24) is 19.5 Å². The Labute approximate surface area is 138 Å². The van der Waals surface area contributed by atoms with Crippen LogP contribution < -0.4 is 4.72 Å². The van der Waals surface area contributed by atoms with Crippen molar-refractivity contribution < 1.29 is 8.42 Å². The summed E-state index contributed by atoms with van der Waals surface area (Å²) in [7, 11) is -3.50. The summed E-state index contributed by atoms with van der Waals surface area (Å²) in [6.45, 7) is 3.71. The number of aromatic nitrogens is 3. The fraction of sp³-hybridized carbons (Fsp3) is 0.200. The third kappa shape index (κ3) is 3.49. The number of nitrogens with one attached hydrogen (secondary N) is 1. The molecule has 0 amide bonds. The number of nitrogens with zero attached hydrogens (tertiary/aromatic N) is 3. The molecule has 23 heavy (non-hydrogen) atoms. The second kappa shape index (κ2) is 6.23. The van der Waals surface area contributed by atoms with E-state index in [0.717, 1.165) is 16.1 Å². The van der Waals surface area contributed by atoms with E-state index in [1.54, 1.807) is 23.1 Å². The fourth-order valence-electron chi connectivity index (χ4n) is 2.17. The standard InChI is InChI=1S/C15H16N4O2S2/c1-11-3-8-15(22-11)23(20,21)18-12(2)13-4-6-14(7-5-13)19-10-16-9-17-19/h3-10,12,18H,1-2H3. The average Bonchev–Trinajstić information content (AvgIpc) is 3.18. The van der Waals surface area contributed by atoms with Crippen LogP contribution in [0, 0.1) is 6.92 Å². The molecule has 0 spiro atoms. The summed E-state index contributed by atoms with van der Waals surface area (Å²) in [4.78, 5) is 4.87. The number of rotatable bonds is 5. The SMILES string of the molecule is Cc1ccc(S(=O)(=O)NC(C)c2ccc(-n3cncn3)cc2)s1. The van der Waals surface area contributed by atoms with Crippen LogP contribution in [0.3, 0.4) is 0 Å². The Morgan fingerprint density at radius 3 is 2.48 bits per heavy atom. The van der Waals surface area contributed by atoms with Crippen molar-refractivity contribution >= 4 is 21.4 Å². The molecule has 2 heterocycles. The van der Waals surface area contributed by atoms with Crippen molar-refractivity contribution in [3.8, 4) is 5.69 Å². The Morgan fingerprint density at radius 1 is 1.17 bits per heavy atom. The van der Waals surface area contributed by atoms with E-state index in [1.165, 1.54) is 17.7 Å². The number of thiophene rings is 1. The molecule has 120 valence electrons. The first kappa shape index (κ1) is 15.9. The van der Waals surface area contributed by atoms with Gasteiger partial charge >= 0.3 is 0 Å². The molecule has 1 atom stereocenters.